The van der Waals surface area contributed by atoms with Gasteiger partial charge in [0.1, 0.15) is 0 Å². The molecule has 0 aromatic carbocycles. The molecule has 1 saturated heterocycles. The summed E-state index contributed by atoms with van der Waals surface area (Å²) in [5, 5.41) is 0. The second-order valence-electron chi connectivity index (χ2n) is 3.13. The highest BCUT2D eigenvalue weighted by atomic mass is 32.2. The molecule has 1 heterocycles. The maximum atomic E-state index is 10.6. The quantitative estimate of drug-likeness (QED) is 0.615. The first-order chi connectivity index (χ1) is 5.47. The third-order valence-electron chi connectivity index (χ3n) is 1.79. The second-order valence-corrected chi connectivity index (χ2v) is 4.78. The van der Waals surface area contributed by atoms with Gasteiger partial charge in [0.25, 0.3) is 10.1 Å². The third kappa shape index (κ3) is 3.51. The van der Waals surface area contributed by atoms with Crippen molar-refractivity contribution in [2.45, 2.75) is 32.0 Å². The molecule has 0 aromatic rings. The Labute approximate surface area is 73.0 Å². The molecule has 0 aliphatic carbocycles. The Morgan fingerprint density at radius 2 is 2.17 bits per heavy atom. The van der Waals surface area contributed by atoms with E-state index >= 15 is 0 Å². The van der Waals surface area contributed by atoms with Crippen LogP contribution < -0.4 is 0 Å². The molecular formula is C7H14O4S. The Balaban J connectivity index is 2.25. The first-order valence-corrected chi connectivity index (χ1v) is 5.79. The van der Waals surface area contributed by atoms with Crippen molar-refractivity contribution in [3.8, 4) is 0 Å². The van der Waals surface area contributed by atoms with E-state index in [4.69, 9.17) is 4.74 Å². The summed E-state index contributed by atoms with van der Waals surface area (Å²) in [5.41, 5.74) is 0. The lowest BCUT2D eigenvalue weighted by atomic mass is 10.2. The van der Waals surface area contributed by atoms with Crippen LogP contribution in [0.3, 0.4) is 0 Å². The SMILES string of the molecule is CC1CCC(COS(C)(=O)=O)O1. The lowest BCUT2D eigenvalue weighted by molar-refractivity contribution is 0.0281. The molecule has 0 saturated carbocycles. The zero-order valence-corrected chi connectivity index (χ0v) is 8.13. The monoisotopic (exact) mass is 194 g/mol. The molecule has 0 bridgehead atoms. The first-order valence-electron chi connectivity index (χ1n) is 3.97. The third-order valence-corrected chi connectivity index (χ3v) is 2.35. The van der Waals surface area contributed by atoms with Gasteiger partial charge in [-0.05, 0) is 19.8 Å². The zero-order chi connectivity index (χ0) is 9.19. The van der Waals surface area contributed by atoms with E-state index in [9.17, 15) is 8.42 Å². The van der Waals surface area contributed by atoms with Gasteiger partial charge in [0, 0.05) is 0 Å². The Morgan fingerprint density at radius 1 is 1.50 bits per heavy atom. The van der Waals surface area contributed by atoms with Gasteiger partial charge in [-0.25, -0.2) is 0 Å². The van der Waals surface area contributed by atoms with Crippen molar-refractivity contribution in [1.29, 1.82) is 0 Å². The maximum Gasteiger partial charge on any atom is 0.264 e. The van der Waals surface area contributed by atoms with Gasteiger partial charge in [0.15, 0.2) is 0 Å². The van der Waals surface area contributed by atoms with Crippen molar-refractivity contribution in [2.24, 2.45) is 0 Å². The molecule has 0 aromatic heterocycles. The predicted molar refractivity (Wildman–Crippen MR) is 44.4 cm³/mol. The number of ether oxygens (including phenoxy) is 1. The van der Waals surface area contributed by atoms with Crippen molar-refractivity contribution < 1.29 is 17.3 Å². The van der Waals surface area contributed by atoms with Crippen LogP contribution in [0.1, 0.15) is 19.8 Å². The zero-order valence-electron chi connectivity index (χ0n) is 7.32. The van der Waals surface area contributed by atoms with Gasteiger partial charge in [-0.2, -0.15) is 8.42 Å². The molecule has 4 nitrogen and oxygen atoms in total. The van der Waals surface area contributed by atoms with Crippen LogP contribution in [0.15, 0.2) is 0 Å². The molecule has 2 unspecified atom stereocenters. The number of hydrogen-bond donors (Lipinski definition) is 0. The average molecular weight is 194 g/mol. The van der Waals surface area contributed by atoms with Crippen LogP contribution >= 0.6 is 0 Å². The Bertz CT molecular complexity index is 234. The molecule has 1 rings (SSSR count). The van der Waals surface area contributed by atoms with E-state index in [2.05, 4.69) is 4.18 Å². The van der Waals surface area contributed by atoms with Crippen LogP contribution in [0.4, 0.5) is 0 Å². The van der Waals surface area contributed by atoms with Gasteiger partial charge < -0.3 is 4.74 Å². The minimum atomic E-state index is -3.31. The van der Waals surface area contributed by atoms with Crippen LogP contribution in [0.2, 0.25) is 0 Å². The van der Waals surface area contributed by atoms with Gasteiger partial charge >= 0.3 is 0 Å². The van der Waals surface area contributed by atoms with Crippen LogP contribution in [0.5, 0.6) is 0 Å². The summed E-state index contributed by atoms with van der Waals surface area (Å²) in [4.78, 5) is 0. The maximum absolute atomic E-state index is 10.6. The molecule has 1 aliphatic rings. The Hall–Kier alpha value is -0.130. The van der Waals surface area contributed by atoms with E-state index in [1.165, 1.54) is 0 Å². The standard InChI is InChI=1S/C7H14O4S/c1-6-3-4-7(11-6)5-10-12(2,8)9/h6-7H,3-5H2,1-2H3. The van der Waals surface area contributed by atoms with E-state index in [0.717, 1.165) is 19.1 Å². The van der Waals surface area contributed by atoms with Crippen molar-refractivity contribution in [1.82, 2.24) is 0 Å². The lowest BCUT2D eigenvalue weighted by Crippen LogP contribution is -2.18. The summed E-state index contributed by atoms with van der Waals surface area (Å²) in [6.07, 6.45) is 3.10. The molecular weight excluding hydrogens is 180 g/mol. The fourth-order valence-electron chi connectivity index (χ4n) is 1.21. The van der Waals surface area contributed by atoms with E-state index in [1.807, 2.05) is 6.92 Å². The highest BCUT2D eigenvalue weighted by Gasteiger charge is 2.22. The van der Waals surface area contributed by atoms with E-state index in [0.29, 0.717) is 0 Å². The molecule has 0 spiro atoms. The summed E-state index contributed by atoms with van der Waals surface area (Å²) in [6, 6.07) is 0. The summed E-state index contributed by atoms with van der Waals surface area (Å²) < 4.78 is 31.2. The van der Waals surface area contributed by atoms with E-state index in [1.54, 1.807) is 0 Å². The smallest absolute Gasteiger partial charge is 0.264 e. The largest absolute Gasteiger partial charge is 0.373 e. The summed E-state index contributed by atoms with van der Waals surface area (Å²) in [7, 11) is -3.31. The molecule has 72 valence electrons. The molecule has 2 atom stereocenters. The van der Waals surface area contributed by atoms with Crippen LogP contribution in [-0.4, -0.2) is 33.5 Å². The predicted octanol–water partition coefficient (Wildman–Crippen LogP) is 0.530. The van der Waals surface area contributed by atoms with Crippen LogP contribution in [0, 0.1) is 0 Å². The van der Waals surface area contributed by atoms with Gasteiger partial charge in [-0.3, -0.25) is 4.18 Å². The Kier molecular flexibility index (Phi) is 3.09. The molecule has 0 amide bonds. The molecule has 0 N–H and O–H groups in total. The molecule has 0 radical (unpaired) electrons. The normalized spacial score (nSPS) is 30.8. The second kappa shape index (κ2) is 3.72. The molecule has 1 aliphatic heterocycles. The molecule has 5 heteroatoms. The Morgan fingerprint density at radius 3 is 2.58 bits per heavy atom. The van der Waals surface area contributed by atoms with E-state index < -0.39 is 10.1 Å². The van der Waals surface area contributed by atoms with Crippen LogP contribution in [-0.2, 0) is 19.0 Å². The fourth-order valence-corrected chi connectivity index (χ4v) is 1.61. The van der Waals surface area contributed by atoms with Crippen molar-refractivity contribution in [3.63, 3.8) is 0 Å². The summed E-state index contributed by atoms with van der Waals surface area (Å²) >= 11 is 0. The van der Waals surface area contributed by atoms with Gasteiger partial charge in [-0.1, -0.05) is 0 Å². The molecule has 1 fully saturated rings. The highest BCUT2D eigenvalue weighted by Crippen LogP contribution is 2.19. The first kappa shape index (κ1) is 9.95. The minimum absolute atomic E-state index is 0.0466. The lowest BCUT2D eigenvalue weighted by Gasteiger charge is -2.09. The topological polar surface area (TPSA) is 52.6 Å². The van der Waals surface area contributed by atoms with Crippen molar-refractivity contribution in [3.05, 3.63) is 0 Å². The average Bonchev–Trinajstić information content (AvgIpc) is 2.30. The fraction of sp³-hybridized carbons (Fsp3) is 1.00. The number of rotatable bonds is 3. The van der Waals surface area contributed by atoms with Gasteiger partial charge in [-0.15, -0.1) is 0 Å². The molecule has 12 heavy (non-hydrogen) atoms. The van der Waals surface area contributed by atoms with Crippen molar-refractivity contribution >= 4 is 10.1 Å². The summed E-state index contributed by atoms with van der Waals surface area (Å²) in [6.45, 7) is 2.13. The number of hydrogen-bond acceptors (Lipinski definition) is 4. The van der Waals surface area contributed by atoms with Crippen LogP contribution in [0.25, 0.3) is 0 Å². The van der Waals surface area contributed by atoms with Gasteiger partial charge in [0.05, 0.1) is 25.1 Å². The van der Waals surface area contributed by atoms with Crippen molar-refractivity contribution in [2.75, 3.05) is 12.9 Å². The minimum Gasteiger partial charge on any atom is -0.373 e. The highest BCUT2D eigenvalue weighted by molar-refractivity contribution is 7.85. The van der Waals surface area contributed by atoms with Gasteiger partial charge in [0.2, 0.25) is 0 Å². The summed E-state index contributed by atoms with van der Waals surface area (Å²) in [5.74, 6) is 0. The van der Waals surface area contributed by atoms with E-state index in [-0.39, 0.29) is 18.8 Å².